The first-order chi connectivity index (χ1) is 9.54. The third kappa shape index (κ3) is 5.40. The Hall–Kier alpha value is -1.88. The SMILES string of the molecule is COCCCNC(=O)c1cccc(NC(=O)C(C)C)c1. The molecule has 0 fully saturated rings. The lowest BCUT2D eigenvalue weighted by molar-refractivity contribution is -0.118. The van der Waals surface area contributed by atoms with Crippen LogP contribution < -0.4 is 10.6 Å². The van der Waals surface area contributed by atoms with Crippen LogP contribution in [0, 0.1) is 5.92 Å². The Morgan fingerprint density at radius 2 is 2.05 bits per heavy atom. The highest BCUT2D eigenvalue weighted by molar-refractivity contribution is 5.97. The van der Waals surface area contributed by atoms with Gasteiger partial charge in [-0.1, -0.05) is 19.9 Å². The van der Waals surface area contributed by atoms with Crippen molar-refractivity contribution in [3.05, 3.63) is 29.8 Å². The zero-order valence-electron chi connectivity index (χ0n) is 12.2. The lowest BCUT2D eigenvalue weighted by Crippen LogP contribution is -2.25. The van der Waals surface area contributed by atoms with E-state index in [1.807, 2.05) is 13.8 Å². The molecule has 1 rings (SSSR count). The second kappa shape index (κ2) is 8.32. The number of amides is 2. The predicted molar refractivity (Wildman–Crippen MR) is 78.7 cm³/mol. The molecular formula is C15H22N2O3. The second-order valence-electron chi connectivity index (χ2n) is 4.83. The van der Waals surface area contributed by atoms with Crippen molar-refractivity contribution in [2.24, 2.45) is 5.92 Å². The highest BCUT2D eigenvalue weighted by atomic mass is 16.5. The Labute approximate surface area is 119 Å². The van der Waals surface area contributed by atoms with E-state index in [2.05, 4.69) is 10.6 Å². The third-order valence-corrected chi connectivity index (χ3v) is 2.73. The van der Waals surface area contributed by atoms with Gasteiger partial charge in [0.05, 0.1) is 0 Å². The maximum atomic E-state index is 11.9. The molecule has 0 atom stereocenters. The van der Waals surface area contributed by atoms with Gasteiger partial charge in [0.1, 0.15) is 0 Å². The molecule has 20 heavy (non-hydrogen) atoms. The topological polar surface area (TPSA) is 67.4 Å². The van der Waals surface area contributed by atoms with Gasteiger partial charge in [0, 0.05) is 37.4 Å². The summed E-state index contributed by atoms with van der Waals surface area (Å²) in [5.41, 5.74) is 1.16. The van der Waals surface area contributed by atoms with E-state index >= 15 is 0 Å². The fourth-order valence-corrected chi connectivity index (χ4v) is 1.55. The van der Waals surface area contributed by atoms with Crippen molar-refractivity contribution in [1.29, 1.82) is 0 Å². The summed E-state index contributed by atoms with van der Waals surface area (Å²) in [5, 5.41) is 5.58. The van der Waals surface area contributed by atoms with Crippen LogP contribution in [0.3, 0.4) is 0 Å². The molecule has 110 valence electrons. The third-order valence-electron chi connectivity index (χ3n) is 2.73. The van der Waals surface area contributed by atoms with E-state index in [1.165, 1.54) is 0 Å². The summed E-state index contributed by atoms with van der Waals surface area (Å²) in [6, 6.07) is 6.91. The Morgan fingerprint density at radius 3 is 2.70 bits per heavy atom. The van der Waals surface area contributed by atoms with Crippen molar-refractivity contribution in [2.75, 3.05) is 25.6 Å². The number of methoxy groups -OCH3 is 1. The summed E-state index contributed by atoms with van der Waals surface area (Å²) >= 11 is 0. The molecule has 5 nitrogen and oxygen atoms in total. The molecule has 0 aliphatic heterocycles. The van der Waals surface area contributed by atoms with Gasteiger partial charge in [-0.05, 0) is 24.6 Å². The number of carbonyl (C=O) groups is 2. The minimum Gasteiger partial charge on any atom is -0.385 e. The first kappa shape index (κ1) is 16.2. The number of anilines is 1. The van der Waals surface area contributed by atoms with Crippen LogP contribution in [0.5, 0.6) is 0 Å². The van der Waals surface area contributed by atoms with Crippen LogP contribution in [0.15, 0.2) is 24.3 Å². The summed E-state index contributed by atoms with van der Waals surface area (Å²) in [6.07, 6.45) is 0.770. The maximum Gasteiger partial charge on any atom is 0.251 e. The van der Waals surface area contributed by atoms with Crippen LogP contribution >= 0.6 is 0 Å². The minimum atomic E-state index is -0.151. The molecule has 2 N–H and O–H groups in total. The van der Waals surface area contributed by atoms with E-state index in [9.17, 15) is 9.59 Å². The average Bonchev–Trinajstić information content (AvgIpc) is 2.43. The van der Waals surface area contributed by atoms with Crippen LogP contribution in [0.25, 0.3) is 0 Å². The minimum absolute atomic E-state index is 0.0670. The lowest BCUT2D eigenvalue weighted by Gasteiger charge is -2.09. The molecule has 0 aliphatic carbocycles. The molecule has 0 unspecified atom stereocenters. The molecular weight excluding hydrogens is 256 g/mol. The van der Waals surface area contributed by atoms with Crippen LogP contribution in [0.4, 0.5) is 5.69 Å². The average molecular weight is 278 g/mol. The number of hydrogen-bond acceptors (Lipinski definition) is 3. The van der Waals surface area contributed by atoms with Gasteiger partial charge in [-0.15, -0.1) is 0 Å². The van der Waals surface area contributed by atoms with Crippen molar-refractivity contribution < 1.29 is 14.3 Å². The largest absolute Gasteiger partial charge is 0.385 e. The number of rotatable bonds is 7. The summed E-state index contributed by atoms with van der Waals surface area (Å²) in [4.78, 5) is 23.5. The second-order valence-corrected chi connectivity index (χ2v) is 4.83. The zero-order valence-corrected chi connectivity index (χ0v) is 12.2. The van der Waals surface area contributed by atoms with Gasteiger partial charge < -0.3 is 15.4 Å². The molecule has 0 aromatic heterocycles. The highest BCUT2D eigenvalue weighted by Gasteiger charge is 2.09. The molecule has 0 saturated heterocycles. The Morgan fingerprint density at radius 1 is 1.30 bits per heavy atom. The van der Waals surface area contributed by atoms with Gasteiger partial charge >= 0.3 is 0 Å². The maximum absolute atomic E-state index is 11.9. The standard InChI is InChI=1S/C15H22N2O3/c1-11(2)14(18)17-13-7-4-6-12(10-13)15(19)16-8-5-9-20-3/h4,6-7,10-11H,5,8-9H2,1-3H3,(H,16,19)(H,17,18). The molecule has 0 radical (unpaired) electrons. The molecule has 5 heteroatoms. The number of carbonyl (C=O) groups excluding carboxylic acids is 2. The molecule has 1 aromatic carbocycles. The zero-order chi connectivity index (χ0) is 15.0. The van der Waals surface area contributed by atoms with Crippen molar-refractivity contribution in [3.8, 4) is 0 Å². The molecule has 0 heterocycles. The van der Waals surface area contributed by atoms with E-state index in [4.69, 9.17) is 4.74 Å². The fraction of sp³-hybridized carbons (Fsp3) is 0.467. The van der Waals surface area contributed by atoms with E-state index in [1.54, 1.807) is 31.4 Å². The Bertz CT molecular complexity index is 458. The lowest BCUT2D eigenvalue weighted by atomic mass is 10.1. The van der Waals surface area contributed by atoms with Gasteiger partial charge in [0.2, 0.25) is 5.91 Å². The van der Waals surface area contributed by atoms with E-state index in [0.717, 1.165) is 6.42 Å². The monoisotopic (exact) mass is 278 g/mol. The van der Waals surface area contributed by atoms with Crippen LogP contribution in [0.1, 0.15) is 30.6 Å². The number of ether oxygens (including phenoxy) is 1. The summed E-state index contributed by atoms with van der Waals surface area (Å²) in [5.74, 6) is -0.314. The van der Waals surface area contributed by atoms with Gasteiger partial charge in [-0.2, -0.15) is 0 Å². The summed E-state index contributed by atoms with van der Waals surface area (Å²) < 4.78 is 4.92. The van der Waals surface area contributed by atoms with Gasteiger partial charge in [-0.25, -0.2) is 0 Å². The van der Waals surface area contributed by atoms with Gasteiger partial charge in [-0.3, -0.25) is 9.59 Å². The van der Waals surface area contributed by atoms with Gasteiger partial charge in [0.15, 0.2) is 0 Å². The van der Waals surface area contributed by atoms with Crippen molar-refractivity contribution in [2.45, 2.75) is 20.3 Å². The molecule has 0 aliphatic rings. The molecule has 1 aromatic rings. The number of benzene rings is 1. The smallest absolute Gasteiger partial charge is 0.251 e. The van der Waals surface area contributed by atoms with Crippen LogP contribution in [-0.4, -0.2) is 32.1 Å². The Balaban J connectivity index is 2.58. The quantitative estimate of drug-likeness (QED) is 0.750. The van der Waals surface area contributed by atoms with Crippen LogP contribution in [0.2, 0.25) is 0 Å². The molecule has 0 bridgehead atoms. The first-order valence-electron chi connectivity index (χ1n) is 6.72. The van der Waals surface area contributed by atoms with Gasteiger partial charge in [0.25, 0.3) is 5.91 Å². The van der Waals surface area contributed by atoms with E-state index < -0.39 is 0 Å². The first-order valence-corrected chi connectivity index (χ1v) is 6.72. The summed E-state index contributed by atoms with van der Waals surface area (Å²) in [6.45, 7) is 4.82. The van der Waals surface area contributed by atoms with Crippen molar-refractivity contribution in [1.82, 2.24) is 5.32 Å². The fourth-order valence-electron chi connectivity index (χ4n) is 1.55. The molecule has 0 saturated carbocycles. The molecule has 0 spiro atoms. The summed E-state index contributed by atoms with van der Waals surface area (Å²) in [7, 11) is 1.63. The van der Waals surface area contributed by atoms with Crippen LogP contribution in [-0.2, 0) is 9.53 Å². The van der Waals surface area contributed by atoms with E-state index in [-0.39, 0.29) is 17.7 Å². The Kier molecular flexibility index (Phi) is 6.73. The van der Waals surface area contributed by atoms with Crippen molar-refractivity contribution >= 4 is 17.5 Å². The predicted octanol–water partition coefficient (Wildman–Crippen LogP) is 2.05. The number of nitrogens with one attached hydrogen (secondary N) is 2. The highest BCUT2D eigenvalue weighted by Crippen LogP contribution is 2.12. The normalized spacial score (nSPS) is 10.4. The van der Waals surface area contributed by atoms with Crippen molar-refractivity contribution in [3.63, 3.8) is 0 Å². The van der Waals surface area contributed by atoms with E-state index in [0.29, 0.717) is 24.4 Å². The number of hydrogen-bond donors (Lipinski definition) is 2. The molecule has 2 amide bonds.